The normalized spacial score (nSPS) is 12.8. The van der Waals surface area contributed by atoms with Crippen LogP contribution in [0.15, 0.2) is 35.5 Å². The van der Waals surface area contributed by atoms with Crippen LogP contribution in [-0.4, -0.2) is 31.6 Å². The SMILES string of the molecule is CN=C(NCCC(C)c1ccc(OC)cc1)NCc1ncc(C)s1. The monoisotopic (exact) mass is 346 g/mol. The number of methoxy groups -OCH3 is 1. The molecular formula is C18H26N4OS. The maximum absolute atomic E-state index is 5.20. The minimum Gasteiger partial charge on any atom is -0.497 e. The van der Waals surface area contributed by atoms with E-state index in [1.807, 2.05) is 18.3 Å². The van der Waals surface area contributed by atoms with Gasteiger partial charge in [-0.05, 0) is 37.0 Å². The van der Waals surface area contributed by atoms with E-state index in [0.29, 0.717) is 12.5 Å². The van der Waals surface area contributed by atoms with E-state index in [2.05, 4.69) is 46.6 Å². The Labute approximate surface area is 148 Å². The molecule has 0 aliphatic heterocycles. The van der Waals surface area contributed by atoms with Crippen molar-refractivity contribution in [2.75, 3.05) is 20.7 Å². The Kier molecular flexibility index (Phi) is 7.06. The van der Waals surface area contributed by atoms with E-state index < -0.39 is 0 Å². The molecule has 0 bridgehead atoms. The van der Waals surface area contributed by atoms with Gasteiger partial charge < -0.3 is 15.4 Å². The molecule has 0 radical (unpaired) electrons. The van der Waals surface area contributed by atoms with Gasteiger partial charge in [-0.3, -0.25) is 4.99 Å². The van der Waals surface area contributed by atoms with Gasteiger partial charge in [-0.2, -0.15) is 0 Å². The van der Waals surface area contributed by atoms with Crippen LogP contribution in [0.2, 0.25) is 0 Å². The second-order valence-corrected chi connectivity index (χ2v) is 7.00. The number of nitrogens with one attached hydrogen (secondary N) is 2. The smallest absolute Gasteiger partial charge is 0.191 e. The van der Waals surface area contributed by atoms with E-state index >= 15 is 0 Å². The van der Waals surface area contributed by atoms with Gasteiger partial charge in [-0.1, -0.05) is 19.1 Å². The maximum atomic E-state index is 5.20. The van der Waals surface area contributed by atoms with Crippen molar-refractivity contribution in [1.82, 2.24) is 15.6 Å². The molecule has 0 saturated heterocycles. The van der Waals surface area contributed by atoms with Gasteiger partial charge in [0.15, 0.2) is 5.96 Å². The summed E-state index contributed by atoms with van der Waals surface area (Å²) in [5, 5.41) is 7.73. The van der Waals surface area contributed by atoms with Crippen LogP contribution in [0, 0.1) is 6.92 Å². The molecule has 0 amide bonds. The van der Waals surface area contributed by atoms with Gasteiger partial charge in [0.05, 0.1) is 13.7 Å². The lowest BCUT2D eigenvalue weighted by molar-refractivity contribution is 0.414. The van der Waals surface area contributed by atoms with Crippen molar-refractivity contribution in [2.45, 2.75) is 32.7 Å². The molecule has 5 nitrogen and oxygen atoms in total. The minimum atomic E-state index is 0.475. The molecule has 2 aromatic rings. The number of nitrogens with zero attached hydrogens (tertiary/aromatic N) is 2. The zero-order chi connectivity index (χ0) is 17.4. The van der Waals surface area contributed by atoms with E-state index in [1.165, 1.54) is 10.4 Å². The van der Waals surface area contributed by atoms with Gasteiger partial charge in [0.25, 0.3) is 0 Å². The van der Waals surface area contributed by atoms with Crippen LogP contribution in [0.4, 0.5) is 0 Å². The van der Waals surface area contributed by atoms with Crippen LogP contribution < -0.4 is 15.4 Å². The zero-order valence-corrected chi connectivity index (χ0v) is 15.6. The first-order valence-electron chi connectivity index (χ1n) is 8.12. The van der Waals surface area contributed by atoms with Gasteiger partial charge in [0, 0.05) is 24.7 Å². The average molecular weight is 347 g/mol. The van der Waals surface area contributed by atoms with Crippen LogP contribution in [0.5, 0.6) is 5.75 Å². The summed E-state index contributed by atoms with van der Waals surface area (Å²) in [6.07, 6.45) is 2.93. The van der Waals surface area contributed by atoms with Crippen molar-refractivity contribution >= 4 is 17.3 Å². The Morgan fingerprint density at radius 2 is 2.04 bits per heavy atom. The molecule has 0 saturated carbocycles. The molecule has 1 aromatic heterocycles. The molecule has 0 aliphatic rings. The fourth-order valence-electron chi connectivity index (χ4n) is 2.37. The Bertz CT molecular complexity index is 651. The molecule has 1 unspecified atom stereocenters. The highest BCUT2D eigenvalue weighted by atomic mass is 32.1. The van der Waals surface area contributed by atoms with Gasteiger partial charge in [0.2, 0.25) is 0 Å². The highest BCUT2D eigenvalue weighted by molar-refractivity contribution is 7.11. The maximum Gasteiger partial charge on any atom is 0.191 e. The molecule has 0 fully saturated rings. The summed E-state index contributed by atoms with van der Waals surface area (Å²) in [6.45, 7) is 5.86. The van der Waals surface area contributed by atoms with Crippen molar-refractivity contribution in [3.63, 3.8) is 0 Å². The lowest BCUT2D eigenvalue weighted by Gasteiger charge is -2.15. The molecule has 2 N–H and O–H groups in total. The van der Waals surface area contributed by atoms with Gasteiger partial charge in [0.1, 0.15) is 10.8 Å². The van der Waals surface area contributed by atoms with E-state index in [9.17, 15) is 0 Å². The third kappa shape index (κ3) is 5.53. The summed E-state index contributed by atoms with van der Waals surface area (Å²) in [5.74, 6) is 2.18. The van der Waals surface area contributed by atoms with Crippen molar-refractivity contribution < 1.29 is 4.74 Å². The van der Waals surface area contributed by atoms with Crippen LogP contribution in [0.1, 0.15) is 34.7 Å². The summed E-state index contributed by atoms with van der Waals surface area (Å²) >= 11 is 1.70. The number of guanidine groups is 1. The van der Waals surface area contributed by atoms with Crippen molar-refractivity contribution in [2.24, 2.45) is 4.99 Å². The average Bonchev–Trinajstić information content (AvgIpc) is 3.03. The highest BCUT2D eigenvalue weighted by Gasteiger charge is 2.07. The summed E-state index contributed by atoms with van der Waals surface area (Å²) in [7, 11) is 3.48. The van der Waals surface area contributed by atoms with E-state index in [1.54, 1.807) is 25.5 Å². The van der Waals surface area contributed by atoms with Crippen molar-refractivity contribution in [3.05, 3.63) is 45.9 Å². The standard InChI is InChI=1S/C18H26N4OS/c1-13(15-5-7-16(23-4)8-6-15)9-10-20-18(19-3)22-12-17-21-11-14(2)24-17/h5-8,11,13H,9-10,12H2,1-4H3,(H2,19,20,22). The topological polar surface area (TPSA) is 58.5 Å². The molecule has 6 heteroatoms. The van der Waals surface area contributed by atoms with E-state index in [0.717, 1.165) is 29.7 Å². The van der Waals surface area contributed by atoms with E-state index in [4.69, 9.17) is 4.74 Å². The molecule has 130 valence electrons. The fourth-order valence-corrected chi connectivity index (χ4v) is 3.10. The van der Waals surface area contributed by atoms with Crippen LogP contribution in [-0.2, 0) is 6.54 Å². The van der Waals surface area contributed by atoms with Crippen molar-refractivity contribution in [1.29, 1.82) is 0 Å². The molecule has 2 rings (SSSR count). The summed E-state index contributed by atoms with van der Waals surface area (Å²) in [5.41, 5.74) is 1.32. The van der Waals surface area contributed by atoms with Gasteiger partial charge >= 0.3 is 0 Å². The number of aliphatic imine (C=N–C) groups is 1. The van der Waals surface area contributed by atoms with E-state index in [-0.39, 0.29) is 0 Å². The molecular weight excluding hydrogens is 320 g/mol. The van der Waals surface area contributed by atoms with Crippen LogP contribution in [0.25, 0.3) is 0 Å². The number of thiazole rings is 1. The van der Waals surface area contributed by atoms with Gasteiger partial charge in [-0.15, -0.1) is 11.3 Å². The minimum absolute atomic E-state index is 0.475. The number of hydrogen-bond acceptors (Lipinski definition) is 4. The fraction of sp³-hybridized carbons (Fsp3) is 0.444. The highest BCUT2D eigenvalue weighted by Crippen LogP contribution is 2.21. The molecule has 1 heterocycles. The zero-order valence-electron chi connectivity index (χ0n) is 14.8. The molecule has 24 heavy (non-hydrogen) atoms. The lowest BCUT2D eigenvalue weighted by atomic mass is 9.98. The third-order valence-corrected chi connectivity index (χ3v) is 4.77. The molecule has 0 aliphatic carbocycles. The van der Waals surface area contributed by atoms with Crippen LogP contribution >= 0.6 is 11.3 Å². The Morgan fingerprint density at radius 1 is 1.29 bits per heavy atom. The Hall–Kier alpha value is -2.08. The Morgan fingerprint density at radius 3 is 2.62 bits per heavy atom. The largest absolute Gasteiger partial charge is 0.497 e. The first-order valence-corrected chi connectivity index (χ1v) is 8.93. The summed E-state index contributed by atoms with van der Waals surface area (Å²) < 4.78 is 5.20. The molecule has 0 spiro atoms. The molecule has 1 aromatic carbocycles. The third-order valence-electron chi connectivity index (χ3n) is 3.85. The number of rotatable bonds is 7. The lowest BCUT2D eigenvalue weighted by Crippen LogP contribution is -2.37. The number of aryl methyl sites for hydroxylation is 1. The number of benzene rings is 1. The predicted octanol–water partition coefficient (Wildman–Crippen LogP) is 3.32. The summed E-state index contributed by atoms with van der Waals surface area (Å²) in [6, 6.07) is 8.27. The van der Waals surface area contributed by atoms with Crippen LogP contribution in [0.3, 0.4) is 0 Å². The first kappa shape index (κ1) is 18.3. The van der Waals surface area contributed by atoms with Gasteiger partial charge in [-0.25, -0.2) is 4.98 Å². The Balaban J connectivity index is 1.74. The van der Waals surface area contributed by atoms with Crippen molar-refractivity contribution in [3.8, 4) is 5.75 Å². The summed E-state index contributed by atoms with van der Waals surface area (Å²) in [4.78, 5) is 9.83. The number of ether oxygens (including phenoxy) is 1. The quantitative estimate of drug-likeness (QED) is 0.596. The second-order valence-electron chi connectivity index (χ2n) is 5.68. The molecule has 1 atom stereocenters. The number of aromatic nitrogens is 1. The second kappa shape index (κ2) is 9.27. The predicted molar refractivity (Wildman–Crippen MR) is 101 cm³/mol. The first-order chi connectivity index (χ1) is 11.6. The number of hydrogen-bond donors (Lipinski definition) is 2.